The van der Waals surface area contributed by atoms with Gasteiger partial charge in [0, 0.05) is 24.0 Å². The van der Waals surface area contributed by atoms with E-state index in [-0.39, 0.29) is 48.1 Å². The SMILES string of the molecule is CCOc1ccc(S(=O)(=O)N2CCC(O)(c3ccc(Cl)cc3)CC2)cc1-c1nn2c(C(CC)CC)nc(C)c2c(=O)[nH]1. The molecule has 10 nitrogen and oxygen atoms in total. The number of aliphatic hydroxyl groups is 1. The van der Waals surface area contributed by atoms with Gasteiger partial charge in [-0.2, -0.15) is 4.31 Å². The molecule has 42 heavy (non-hydrogen) atoms. The second-order valence-electron chi connectivity index (χ2n) is 10.7. The van der Waals surface area contributed by atoms with Gasteiger partial charge in [0.05, 0.1) is 28.4 Å². The van der Waals surface area contributed by atoms with Gasteiger partial charge in [-0.3, -0.25) is 4.79 Å². The lowest BCUT2D eigenvalue weighted by molar-refractivity contribution is -0.00961. The molecule has 0 atom stereocenters. The Hall–Kier alpha value is -3.25. The first kappa shape index (κ1) is 30.2. The number of aromatic nitrogens is 4. The molecule has 3 heterocycles. The molecule has 0 bridgehead atoms. The number of nitrogens with one attached hydrogen (secondary N) is 1. The first-order valence-corrected chi connectivity index (χ1v) is 16.1. The highest BCUT2D eigenvalue weighted by atomic mass is 35.5. The summed E-state index contributed by atoms with van der Waals surface area (Å²) in [6.07, 6.45) is 2.14. The van der Waals surface area contributed by atoms with Crippen LogP contribution in [-0.2, 0) is 15.6 Å². The summed E-state index contributed by atoms with van der Waals surface area (Å²) in [4.78, 5) is 20.8. The maximum Gasteiger partial charge on any atom is 0.277 e. The van der Waals surface area contributed by atoms with Crippen molar-refractivity contribution >= 4 is 27.1 Å². The molecule has 0 radical (unpaired) electrons. The molecule has 2 aromatic carbocycles. The summed E-state index contributed by atoms with van der Waals surface area (Å²) < 4.78 is 36.4. The van der Waals surface area contributed by atoms with Crippen LogP contribution < -0.4 is 10.3 Å². The van der Waals surface area contributed by atoms with Crippen molar-refractivity contribution in [3.8, 4) is 17.1 Å². The van der Waals surface area contributed by atoms with E-state index in [1.54, 1.807) is 41.8 Å². The van der Waals surface area contributed by atoms with Gasteiger partial charge in [0.15, 0.2) is 11.3 Å². The smallest absolute Gasteiger partial charge is 0.277 e. The van der Waals surface area contributed by atoms with Crippen molar-refractivity contribution < 1.29 is 18.3 Å². The van der Waals surface area contributed by atoms with Crippen molar-refractivity contribution in [2.24, 2.45) is 0 Å². The number of imidazole rings is 1. The lowest BCUT2D eigenvalue weighted by Crippen LogP contribution is -2.45. The summed E-state index contributed by atoms with van der Waals surface area (Å²) in [6.45, 7) is 8.35. The largest absolute Gasteiger partial charge is 0.493 e. The Bertz CT molecular complexity index is 1760. The van der Waals surface area contributed by atoms with Crippen molar-refractivity contribution in [3.63, 3.8) is 0 Å². The topological polar surface area (TPSA) is 130 Å². The third-order valence-electron chi connectivity index (χ3n) is 8.13. The van der Waals surface area contributed by atoms with Crippen LogP contribution in [0.1, 0.15) is 69.5 Å². The molecule has 4 aromatic rings. The van der Waals surface area contributed by atoms with E-state index < -0.39 is 15.6 Å². The van der Waals surface area contributed by atoms with Gasteiger partial charge >= 0.3 is 0 Å². The Morgan fingerprint density at radius 2 is 1.76 bits per heavy atom. The van der Waals surface area contributed by atoms with E-state index in [4.69, 9.17) is 21.4 Å². The quantitative estimate of drug-likeness (QED) is 0.271. The third kappa shape index (κ3) is 5.46. The van der Waals surface area contributed by atoms with Crippen LogP contribution in [0.2, 0.25) is 5.02 Å². The van der Waals surface area contributed by atoms with Crippen LogP contribution >= 0.6 is 11.6 Å². The molecule has 1 saturated heterocycles. The summed E-state index contributed by atoms with van der Waals surface area (Å²) in [6, 6.07) is 11.5. The highest BCUT2D eigenvalue weighted by molar-refractivity contribution is 7.89. The molecule has 5 rings (SSSR count). The molecule has 0 amide bonds. The maximum atomic E-state index is 13.8. The predicted octanol–water partition coefficient (Wildman–Crippen LogP) is 5.02. The zero-order valence-electron chi connectivity index (χ0n) is 24.2. The Morgan fingerprint density at radius 1 is 1.10 bits per heavy atom. The van der Waals surface area contributed by atoms with E-state index in [0.29, 0.717) is 45.5 Å². The Balaban J connectivity index is 1.52. The third-order valence-corrected chi connectivity index (χ3v) is 10.3. The van der Waals surface area contributed by atoms with Crippen LogP contribution in [0.4, 0.5) is 0 Å². The number of fused-ring (bicyclic) bond motifs is 1. The number of piperidine rings is 1. The van der Waals surface area contributed by atoms with Crippen LogP contribution in [0.15, 0.2) is 52.2 Å². The number of halogens is 1. The minimum Gasteiger partial charge on any atom is -0.493 e. The summed E-state index contributed by atoms with van der Waals surface area (Å²) in [5.74, 6) is 1.39. The minimum absolute atomic E-state index is 0.0441. The number of nitrogens with zero attached hydrogens (tertiary/aromatic N) is 4. The van der Waals surface area contributed by atoms with Crippen molar-refractivity contribution in [1.82, 2.24) is 23.9 Å². The highest BCUT2D eigenvalue weighted by Gasteiger charge is 2.38. The van der Waals surface area contributed by atoms with Crippen LogP contribution in [0.5, 0.6) is 5.75 Å². The zero-order valence-corrected chi connectivity index (χ0v) is 25.8. The summed E-state index contributed by atoms with van der Waals surface area (Å²) in [5, 5.41) is 16.6. The fourth-order valence-electron chi connectivity index (χ4n) is 5.66. The fourth-order valence-corrected chi connectivity index (χ4v) is 7.26. The average Bonchev–Trinajstić information content (AvgIpc) is 3.30. The van der Waals surface area contributed by atoms with Crippen molar-refractivity contribution in [1.29, 1.82) is 0 Å². The molecular formula is C30H36ClN5O5S. The molecule has 1 aliphatic heterocycles. The molecule has 224 valence electrons. The Labute approximate surface area is 250 Å². The van der Waals surface area contributed by atoms with Crippen molar-refractivity contribution in [3.05, 3.63) is 74.9 Å². The van der Waals surface area contributed by atoms with Gasteiger partial charge in [0.1, 0.15) is 11.6 Å². The van der Waals surface area contributed by atoms with E-state index in [1.807, 2.05) is 6.92 Å². The van der Waals surface area contributed by atoms with Gasteiger partial charge in [0.2, 0.25) is 10.0 Å². The minimum atomic E-state index is -3.93. The second-order valence-corrected chi connectivity index (χ2v) is 13.0. The van der Waals surface area contributed by atoms with E-state index in [2.05, 4.69) is 23.8 Å². The maximum absolute atomic E-state index is 13.8. The number of hydrogen-bond acceptors (Lipinski definition) is 7. The zero-order chi connectivity index (χ0) is 30.2. The standard InChI is InChI=1S/C30H36ClN5O5S/c1-5-20(6-2)28-32-19(4)26-29(37)33-27(34-36(26)28)24-18-23(12-13-25(24)41-7-3)42(39,40)35-16-14-30(38,15-17-35)21-8-10-22(31)11-9-21/h8-13,18,20,38H,5-7,14-17H2,1-4H3,(H,33,34,37). The number of benzene rings is 2. The molecule has 0 aliphatic carbocycles. The number of ether oxygens (including phenoxy) is 1. The van der Waals surface area contributed by atoms with Crippen molar-refractivity contribution in [2.75, 3.05) is 19.7 Å². The Kier molecular flexibility index (Phi) is 8.48. The number of aryl methyl sites for hydroxylation is 1. The van der Waals surface area contributed by atoms with Crippen molar-refractivity contribution in [2.45, 2.75) is 69.8 Å². The van der Waals surface area contributed by atoms with Crippen LogP contribution in [-0.4, -0.2) is 57.1 Å². The van der Waals surface area contributed by atoms with E-state index >= 15 is 0 Å². The van der Waals surface area contributed by atoms with Gasteiger partial charge in [-0.15, -0.1) is 5.10 Å². The van der Waals surface area contributed by atoms with Gasteiger partial charge in [0.25, 0.3) is 5.56 Å². The predicted molar refractivity (Wildman–Crippen MR) is 162 cm³/mol. The first-order chi connectivity index (χ1) is 20.0. The number of rotatable bonds is 9. The average molecular weight is 614 g/mol. The summed E-state index contributed by atoms with van der Waals surface area (Å²) in [5.41, 5.74) is 0.504. The Morgan fingerprint density at radius 3 is 2.38 bits per heavy atom. The number of hydrogen-bond donors (Lipinski definition) is 2. The normalized spacial score (nSPS) is 15.9. The highest BCUT2D eigenvalue weighted by Crippen LogP contribution is 2.37. The molecule has 1 fully saturated rings. The summed E-state index contributed by atoms with van der Waals surface area (Å²) in [7, 11) is -3.93. The molecule has 2 aromatic heterocycles. The number of aromatic amines is 1. The number of H-pyrrole nitrogens is 1. The molecule has 0 unspecified atom stereocenters. The van der Waals surface area contributed by atoms with E-state index in [9.17, 15) is 18.3 Å². The molecule has 1 aliphatic rings. The second kappa shape index (κ2) is 11.8. The lowest BCUT2D eigenvalue weighted by Gasteiger charge is -2.38. The molecule has 12 heteroatoms. The van der Waals surface area contributed by atoms with Gasteiger partial charge in [-0.05, 0) is 75.4 Å². The van der Waals surface area contributed by atoms with Crippen LogP contribution in [0.25, 0.3) is 16.9 Å². The lowest BCUT2D eigenvalue weighted by atomic mass is 9.85. The summed E-state index contributed by atoms with van der Waals surface area (Å²) >= 11 is 6.00. The molecular weight excluding hydrogens is 578 g/mol. The van der Waals surface area contributed by atoms with Gasteiger partial charge < -0.3 is 14.8 Å². The molecule has 0 spiro atoms. The van der Waals surface area contributed by atoms with E-state index in [1.165, 1.54) is 16.4 Å². The van der Waals surface area contributed by atoms with Crippen LogP contribution in [0, 0.1) is 6.92 Å². The molecule has 0 saturated carbocycles. The van der Waals surface area contributed by atoms with Gasteiger partial charge in [-0.25, -0.2) is 17.9 Å². The van der Waals surface area contributed by atoms with Crippen LogP contribution in [0.3, 0.4) is 0 Å². The monoisotopic (exact) mass is 613 g/mol. The van der Waals surface area contributed by atoms with E-state index in [0.717, 1.165) is 12.8 Å². The number of sulfonamides is 1. The molecule has 2 N–H and O–H groups in total. The van der Waals surface area contributed by atoms with Gasteiger partial charge in [-0.1, -0.05) is 37.6 Å². The first-order valence-electron chi connectivity index (χ1n) is 14.3. The fraction of sp³-hybridized carbons (Fsp3) is 0.433.